The number of rotatable bonds is 6. The van der Waals surface area contributed by atoms with E-state index < -0.39 is 29.9 Å². The van der Waals surface area contributed by atoms with E-state index in [1.54, 1.807) is 20.8 Å². The van der Waals surface area contributed by atoms with Crippen molar-refractivity contribution in [2.45, 2.75) is 45.0 Å². The third kappa shape index (κ3) is 6.35. The number of carbonyl (C=O) groups is 2. The van der Waals surface area contributed by atoms with Crippen molar-refractivity contribution in [1.82, 2.24) is 5.32 Å². The molecule has 2 atom stereocenters. The van der Waals surface area contributed by atoms with Gasteiger partial charge in [-0.15, -0.1) is 0 Å². The van der Waals surface area contributed by atoms with Crippen molar-refractivity contribution >= 4 is 23.7 Å². The van der Waals surface area contributed by atoms with Gasteiger partial charge < -0.3 is 25.4 Å². The van der Waals surface area contributed by atoms with Gasteiger partial charge in [0, 0.05) is 11.6 Å². The molecule has 8 heteroatoms. The zero-order chi connectivity index (χ0) is 18.5. The Morgan fingerprint density at radius 3 is 2.46 bits per heavy atom. The number of carbonyl (C=O) groups excluding carboxylic acids is 1. The quantitative estimate of drug-likeness (QED) is 0.619. The molecule has 0 radical (unpaired) electrons. The second kappa shape index (κ2) is 8.32. The molecule has 0 fully saturated rings. The maximum atomic E-state index is 11.5. The van der Waals surface area contributed by atoms with Crippen LogP contribution in [0.1, 0.15) is 49.2 Å². The van der Waals surface area contributed by atoms with Crippen LogP contribution in [0.3, 0.4) is 0 Å². The number of aliphatic hydroxyl groups is 2. The summed E-state index contributed by atoms with van der Waals surface area (Å²) in [6.07, 6.45) is -3.31. The fourth-order valence-electron chi connectivity index (χ4n) is 1.97. The van der Waals surface area contributed by atoms with Crippen molar-refractivity contribution in [2.75, 3.05) is 6.54 Å². The molecule has 0 saturated heterocycles. The van der Waals surface area contributed by atoms with Crippen LogP contribution >= 0.6 is 11.6 Å². The van der Waals surface area contributed by atoms with Gasteiger partial charge in [-0.1, -0.05) is 17.7 Å². The fraction of sp³-hybridized carbons (Fsp3) is 0.500. The lowest BCUT2D eigenvalue weighted by molar-refractivity contribution is 0.0115. The minimum atomic E-state index is -1.42. The summed E-state index contributed by atoms with van der Waals surface area (Å²) in [5.41, 5.74) is -0.770. The molecule has 1 rings (SSSR count). The van der Waals surface area contributed by atoms with Crippen LogP contribution in [0.25, 0.3) is 0 Å². The van der Waals surface area contributed by atoms with E-state index in [9.17, 15) is 19.8 Å². The first kappa shape index (κ1) is 20.2. The molecular formula is C16H22ClNO6. The minimum Gasteiger partial charge on any atom is -0.478 e. The number of amides is 1. The van der Waals surface area contributed by atoms with Gasteiger partial charge in [0.1, 0.15) is 11.7 Å². The summed E-state index contributed by atoms with van der Waals surface area (Å²) in [4.78, 5) is 22.7. The number of carboxylic acid groups (broad SMARTS) is 1. The first-order valence-corrected chi connectivity index (χ1v) is 7.75. The number of carboxylic acids is 1. The molecule has 0 aliphatic rings. The SMILES string of the molecule is CC(C)(C)OC(=O)NCCC(O)C(O)c1ccc(Cl)cc1C(=O)O. The molecular weight excluding hydrogens is 338 g/mol. The van der Waals surface area contributed by atoms with E-state index in [0.29, 0.717) is 0 Å². The zero-order valence-corrected chi connectivity index (χ0v) is 14.5. The molecule has 0 aliphatic carbocycles. The first-order valence-electron chi connectivity index (χ1n) is 7.37. The highest BCUT2D eigenvalue weighted by molar-refractivity contribution is 6.31. The standard InChI is InChI=1S/C16H22ClNO6/c1-16(2,3)24-15(23)18-7-6-12(19)13(20)10-5-4-9(17)8-11(10)14(21)22/h4-5,8,12-13,19-20H,6-7H2,1-3H3,(H,18,23)(H,21,22). The van der Waals surface area contributed by atoms with Crippen LogP contribution in [0.2, 0.25) is 5.02 Å². The van der Waals surface area contributed by atoms with E-state index in [1.807, 2.05) is 0 Å². The molecule has 0 aromatic heterocycles. The number of benzene rings is 1. The van der Waals surface area contributed by atoms with Gasteiger partial charge in [0.25, 0.3) is 0 Å². The monoisotopic (exact) mass is 359 g/mol. The van der Waals surface area contributed by atoms with Gasteiger partial charge in [-0.2, -0.15) is 0 Å². The predicted molar refractivity (Wildman–Crippen MR) is 88.2 cm³/mol. The Hall–Kier alpha value is -1.83. The van der Waals surface area contributed by atoms with Gasteiger partial charge in [-0.3, -0.25) is 0 Å². The summed E-state index contributed by atoms with van der Waals surface area (Å²) < 4.78 is 5.04. The normalized spacial score (nSPS) is 13.9. The zero-order valence-electron chi connectivity index (χ0n) is 13.7. The van der Waals surface area contributed by atoms with Gasteiger partial charge in [-0.25, -0.2) is 9.59 Å². The number of alkyl carbamates (subject to hydrolysis) is 1. The lowest BCUT2D eigenvalue weighted by Crippen LogP contribution is -2.34. The van der Waals surface area contributed by atoms with Gasteiger partial charge >= 0.3 is 12.1 Å². The number of hydrogen-bond acceptors (Lipinski definition) is 5. The van der Waals surface area contributed by atoms with E-state index in [-0.39, 0.29) is 29.1 Å². The van der Waals surface area contributed by atoms with Crippen LogP contribution in [-0.4, -0.2) is 45.6 Å². The predicted octanol–water partition coefficient (Wildman–Crippen LogP) is 2.35. The van der Waals surface area contributed by atoms with Gasteiger partial charge in [0.2, 0.25) is 0 Å². The molecule has 0 aliphatic heterocycles. The molecule has 1 aromatic rings. The first-order chi connectivity index (χ1) is 11.0. The highest BCUT2D eigenvalue weighted by Crippen LogP contribution is 2.25. The molecule has 1 aromatic carbocycles. The van der Waals surface area contributed by atoms with Crippen molar-refractivity contribution in [1.29, 1.82) is 0 Å². The van der Waals surface area contributed by atoms with Gasteiger partial charge in [0.15, 0.2) is 0 Å². The topological polar surface area (TPSA) is 116 Å². The van der Waals surface area contributed by atoms with Crippen LogP contribution in [0.5, 0.6) is 0 Å². The number of aromatic carboxylic acids is 1. The number of aliphatic hydroxyl groups excluding tert-OH is 2. The Bertz CT molecular complexity index is 599. The van der Waals surface area contributed by atoms with Crippen LogP contribution in [0.4, 0.5) is 4.79 Å². The van der Waals surface area contributed by atoms with Crippen LogP contribution in [0.15, 0.2) is 18.2 Å². The summed E-state index contributed by atoms with van der Waals surface area (Å²) >= 11 is 5.75. The number of hydrogen-bond donors (Lipinski definition) is 4. The summed E-state index contributed by atoms with van der Waals surface area (Å²) in [7, 11) is 0. The molecule has 24 heavy (non-hydrogen) atoms. The molecule has 4 N–H and O–H groups in total. The molecule has 134 valence electrons. The van der Waals surface area contributed by atoms with Gasteiger partial charge in [0.05, 0.1) is 11.7 Å². The minimum absolute atomic E-state index is 0.0160. The Labute approximate surface area is 145 Å². The van der Waals surface area contributed by atoms with Crippen molar-refractivity contribution in [3.63, 3.8) is 0 Å². The number of nitrogens with one attached hydrogen (secondary N) is 1. The van der Waals surface area contributed by atoms with Crippen LogP contribution in [-0.2, 0) is 4.74 Å². The second-order valence-electron chi connectivity index (χ2n) is 6.27. The molecule has 7 nitrogen and oxygen atoms in total. The summed E-state index contributed by atoms with van der Waals surface area (Å²) in [5.74, 6) is -1.26. The Balaban J connectivity index is 2.64. The molecule has 0 heterocycles. The Morgan fingerprint density at radius 2 is 1.92 bits per heavy atom. The van der Waals surface area contributed by atoms with Gasteiger partial charge in [-0.05, 0) is 44.9 Å². The van der Waals surface area contributed by atoms with Crippen molar-refractivity contribution in [3.05, 3.63) is 34.3 Å². The summed E-state index contributed by atoms with van der Waals surface area (Å²) in [5, 5.41) is 32.0. The molecule has 0 bridgehead atoms. The highest BCUT2D eigenvalue weighted by atomic mass is 35.5. The largest absolute Gasteiger partial charge is 0.478 e. The smallest absolute Gasteiger partial charge is 0.407 e. The molecule has 1 amide bonds. The van der Waals surface area contributed by atoms with Crippen LogP contribution < -0.4 is 5.32 Å². The summed E-state index contributed by atoms with van der Waals surface area (Å²) in [6.45, 7) is 5.22. The Morgan fingerprint density at radius 1 is 1.29 bits per heavy atom. The molecule has 0 spiro atoms. The lowest BCUT2D eigenvalue weighted by Gasteiger charge is -2.22. The fourth-order valence-corrected chi connectivity index (χ4v) is 2.15. The third-order valence-electron chi connectivity index (χ3n) is 3.04. The maximum Gasteiger partial charge on any atom is 0.407 e. The van der Waals surface area contributed by atoms with Crippen molar-refractivity contribution in [3.8, 4) is 0 Å². The second-order valence-corrected chi connectivity index (χ2v) is 6.70. The highest BCUT2D eigenvalue weighted by Gasteiger charge is 2.24. The van der Waals surface area contributed by atoms with E-state index >= 15 is 0 Å². The van der Waals surface area contributed by atoms with Crippen molar-refractivity contribution < 1.29 is 29.6 Å². The molecule has 2 unspecified atom stereocenters. The van der Waals surface area contributed by atoms with E-state index in [1.165, 1.54) is 18.2 Å². The maximum absolute atomic E-state index is 11.5. The van der Waals surface area contributed by atoms with Crippen molar-refractivity contribution in [2.24, 2.45) is 0 Å². The van der Waals surface area contributed by atoms with Crippen LogP contribution in [0, 0.1) is 0 Å². The lowest BCUT2D eigenvalue weighted by atomic mass is 9.97. The molecule has 0 saturated carbocycles. The average molecular weight is 360 g/mol. The summed E-state index contributed by atoms with van der Waals surface area (Å²) in [6, 6.07) is 3.98. The average Bonchev–Trinajstić information content (AvgIpc) is 2.44. The number of halogens is 1. The Kier molecular flexibility index (Phi) is 7.01. The van der Waals surface area contributed by atoms with E-state index in [4.69, 9.17) is 21.4 Å². The van der Waals surface area contributed by atoms with E-state index in [2.05, 4.69) is 5.32 Å². The van der Waals surface area contributed by atoms with E-state index in [0.717, 1.165) is 0 Å². The third-order valence-corrected chi connectivity index (χ3v) is 3.27. The number of ether oxygens (including phenoxy) is 1.